The molecule has 1 saturated carbocycles. The maximum absolute atomic E-state index is 11.8. The molecule has 4 heteroatoms. The fraction of sp³-hybridized carbons (Fsp3) is 0.643. The number of amides is 1. The van der Waals surface area contributed by atoms with E-state index in [9.17, 15) is 4.79 Å². The number of hydrogen-bond donors (Lipinski definition) is 1. The van der Waals surface area contributed by atoms with Crippen molar-refractivity contribution >= 4 is 17.7 Å². The first-order chi connectivity index (χ1) is 8.75. The molecule has 1 aromatic rings. The molecule has 2 rings (SSSR count). The van der Waals surface area contributed by atoms with Gasteiger partial charge in [0.25, 0.3) is 0 Å². The maximum atomic E-state index is 11.8. The number of carbonyl (C=O) groups is 1. The van der Waals surface area contributed by atoms with Gasteiger partial charge in [0.1, 0.15) is 5.76 Å². The molecule has 1 aromatic heterocycles. The highest BCUT2D eigenvalue weighted by atomic mass is 32.2. The van der Waals surface area contributed by atoms with Crippen LogP contribution in [0.1, 0.15) is 50.8 Å². The number of furan rings is 1. The smallest absolute Gasteiger partial charge is 0.230 e. The van der Waals surface area contributed by atoms with Crippen LogP contribution in [-0.2, 0) is 4.79 Å². The van der Waals surface area contributed by atoms with Crippen molar-refractivity contribution in [2.24, 2.45) is 0 Å². The van der Waals surface area contributed by atoms with E-state index in [0.29, 0.717) is 11.0 Å². The molecule has 1 aliphatic carbocycles. The third kappa shape index (κ3) is 4.09. The molecule has 1 heterocycles. The van der Waals surface area contributed by atoms with Crippen LogP contribution in [0, 0.1) is 0 Å². The largest absolute Gasteiger partial charge is 0.467 e. The highest BCUT2D eigenvalue weighted by molar-refractivity contribution is 8.00. The zero-order valence-corrected chi connectivity index (χ0v) is 11.7. The van der Waals surface area contributed by atoms with Crippen molar-refractivity contribution in [1.29, 1.82) is 0 Å². The Hall–Kier alpha value is -0.900. The number of nitrogens with one attached hydrogen (secondary N) is 1. The van der Waals surface area contributed by atoms with Gasteiger partial charge >= 0.3 is 0 Å². The summed E-state index contributed by atoms with van der Waals surface area (Å²) in [6.07, 6.45) is 8.18. The summed E-state index contributed by atoms with van der Waals surface area (Å²) >= 11 is 1.80. The summed E-state index contributed by atoms with van der Waals surface area (Å²) in [5.41, 5.74) is 0. The lowest BCUT2D eigenvalue weighted by Crippen LogP contribution is -2.28. The van der Waals surface area contributed by atoms with Gasteiger partial charge in [0.2, 0.25) is 5.91 Å². The summed E-state index contributed by atoms with van der Waals surface area (Å²) in [5, 5.41) is 3.65. The van der Waals surface area contributed by atoms with E-state index in [1.165, 1.54) is 32.1 Å². The summed E-state index contributed by atoms with van der Waals surface area (Å²) in [7, 11) is 0. The Bertz CT molecular complexity index is 358. The van der Waals surface area contributed by atoms with Crippen LogP contribution >= 0.6 is 11.8 Å². The first-order valence-corrected chi connectivity index (χ1v) is 7.75. The third-order valence-electron chi connectivity index (χ3n) is 3.35. The second kappa shape index (κ2) is 6.88. The molecule has 0 radical (unpaired) electrons. The molecular formula is C14H21NO2S. The Morgan fingerprint density at radius 3 is 2.94 bits per heavy atom. The second-order valence-electron chi connectivity index (χ2n) is 4.88. The van der Waals surface area contributed by atoms with Crippen LogP contribution in [0.4, 0.5) is 0 Å². The van der Waals surface area contributed by atoms with Gasteiger partial charge in [0.05, 0.1) is 18.1 Å². The van der Waals surface area contributed by atoms with Gasteiger partial charge in [-0.3, -0.25) is 4.79 Å². The van der Waals surface area contributed by atoms with E-state index >= 15 is 0 Å². The van der Waals surface area contributed by atoms with Gasteiger partial charge in [-0.05, 0) is 31.9 Å². The summed E-state index contributed by atoms with van der Waals surface area (Å²) < 4.78 is 5.27. The van der Waals surface area contributed by atoms with Crippen molar-refractivity contribution in [2.45, 2.75) is 50.3 Å². The molecule has 1 amide bonds. The fourth-order valence-corrected chi connectivity index (χ4v) is 3.45. The molecule has 0 bridgehead atoms. The lowest BCUT2D eigenvalue weighted by atomic mass is 10.0. The molecule has 1 unspecified atom stereocenters. The quantitative estimate of drug-likeness (QED) is 0.887. The van der Waals surface area contributed by atoms with Crippen LogP contribution in [0.2, 0.25) is 0 Å². The van der Waals surface area contributed by atoms with Gasteiger partial charge in [-0.1, -0.05) is 19.3 Å². The van der Waals surface area contributed by atoms with E-state index in [4.69, 9.17) is 4.42 Å². The van der Waals surface area contributed by atoms with Gasteiger partial charge in [0.15, 0.2) is 0 Å². The van der Waals surface area contributed by atoms with Gasteiger partial charge in [-0.15, -0.1) is 11.8 Å². The van der Waals surface area contributed by atoms with E-state index < -0.39 is 0 Å². The molecular weight excluding hydrogens is 246 g/mol. The van der Waals surface area contributed by atoms with Crippen molar-refractivity contribution in [3.8, 4) is 0 Å². The highest BCUT2D eigenvalue weighted by Crippen LogP contribution is 2.28. The van der Waals surface area contributed by atoms with Crippen molar-refractivity contribution < 1.29 is 9.21 Å². The minimum atomic E-state index is -0.0422. The van der Waals surface area contributed by atoms with Crippen LogP contribution < -0.4 is 5.32 Å². The van der Waals surface area contributed by atoms with E-state index in [2.05, 4.69) is 5.32 Å². The number of thioether (sulfide) groups is 1. The van der Waals surface area contributed by atoms with Crippen LogP contribution in [0.15, 0.2) is 22.8 Å². The van der Waals surface area contributed by atoms with Gasteiger partial charge in [-0.25, -0.2) is 0 Å². The molecule has 1 aliphatic rings. The molecule has 1 N–H and O–H groups in total. The lowest BCUT2D eigenvalue weighted by molar-refractivity contribution is -0.119. The molecule has 0 aliphatic heterocycles. The second-order valence-corrected chi connectivity index (χ2v) is 6.16. The predicted molar refractivity (Wildman–Crippen MR) is 74.6 cm³/mol. The summed E-state index contributed by atoms with van der Waals surface area (Å²) in [6.45, 7) is 1.95. The Labute approximate surface area is 113 Å². The molecule has 1 fully saturated rings. The summed E-state index contributed by atoms with van der Waals surface area (Å²) in [5.74, 6) is 1.48. The maximum Gasteiger partial charge on any atom is 0.230 e. The Balaban J connectivity index is 1.68. The number of hydrogen-bond acceptors (Lipinski definition) is 3. The standard InChI is InChI=1S/C14H21NO2S/c1-11(13-8-5-9-17-13)15-14(16)10-18-12-6-3-2-4-7-12/h5,8-9,11-12H,2-4,6-7,10H2,1H3,(H,15,16). The molecule has 0 spiro atoms. The van der Waals surface area contributed by atoms with Crippen LogP contribution in [0.5, 0.6) is 0 Å². The molecule has 18 heavy (non-hydrogen) atoms. The predicted octanol–water partition coefficient (Wildman–Crippen LogP) is 3.52. The minimum absolute atomic E-state index is 0.0422. The zero-order chi connectivity index (χ0) is 12.8. The zero-order valence-electron chi connectivity index (χ0n) is 10.9. The van der Waals surface area contributed by atoms with Gasteiger partial charge in [-0.2, -0.15) is 0 Å². The fourth-order valence-electron chi connectivity index (χ4n) is 2.32. The van der Waals surface area contributed by atoms with Gasteiger partial charge in [0, 0.05) is 5.25 Å². The Morgan fingerprint density at radius 1 is 1.50 bits per heavy atom. The topological polar surface area (TPSA) is 42.2 Å². The average molecular weight is 267 g/mol. The molecule has 100 valence electrons. The monoisotopic (exact) mass is 267 g/mol. The lowest BCUT2D eigenvalue weighted by Gasteiger charge is -2.21. The van der Waals surface area contributed by atoms with E-state index in [1.54, 1.807) is 18.0 Å². The van der Waals surface area contributed by atoms with Crippen molar-refractivity contribution in [3.63, 3.8) is 0 Å². The van der Waals surface area contributed by atoms with E-state index in [-0.39, 0.29) is 11.9 Å². The SMILES string of the molecule is CC(NC(=O)CSC1CCCCC1)c1ccco1. The molecule has 0 aromatic carbocycles. The molecule has 1 atom stereocenters. The first kappa shape index (κ1) is 13.5. The van der Waals surface area contributed by atoms with Crippen LogP contribution in [0.3, 0.4) is 0 Å². The summed E-state index contributed by atoms with van der Waals surface area (Å²) in [6, 6.07) is 3.69. The Kier molecular flexibility index (Phi) is 5.17. The minimum Gasteiger partial charge on any atom is -0.467 e. The normalized spacial score (nSPS) is 18.5. The third-order valence-corrected chi connectivity index (χ3v) is 4.72. The van der Waals surface area contributed by atoms with E-state index in [0.717, 1.165) is 5.76 Å². The van der Waals surface area contributed by atoms with Crippen molar-refractivity contribution in [2.75, 3.05) is 5.75 Å². The molecule has 3 nitrogen and oxygen atoms in total. The average Bonchev–Trinajstić information content (AvgIpc) is 2.91. The molecule has 0 saturated heterocycles. The summed E-state index contributed by atoms with van der Waals surface area (Å²) in [4.78, 5) is 11.8. The first-order valence-electron chi connectivity index (χ1n) is 6.70. The van der Waals surface area contributed by atoms with Crippen molar-refractivity contribution in [1.82, 2.24) is 5.32 Å². The van der Waals surface area contributed by atoms with Gasteiger partial charge < -0.3 is 9.73 Å². The van der Waals surface area contributed by atoms with Crippen molar-refractivity contribution in [3.05, 3.63) is 24.2 Å². The number of carbonyl (C=O) groups excluding carboxylic acids is 1. The number of rotatable bonds is 5. The Morgan fingerprint density at radius 2 is 2.28 bits per heavy atom. The van der Waals surface area contributed by atoms with E-state index in [1.807, 2.05) is 19.1 Å². The van der Waals surface area contributed by atoms with Crippen LogP contribution in [0.25, 0.3) is 0 Å². The van der Waals surface area contributed by atoms with Crippen LogP contribution in [-0.4, -0.2) is 16.9 Å². The highest BCUT2D eigenvalue weighted by Gasteiger charge is 2.17.